The minimum atomic E-state index is -0.418. The number of esters is 1. The van der Waals surface area contributed by atoms with Gasteiger partial charge in [-0.15, -0.1) is 0 Å². The van der Waals surface area contributed by atoms with Crippen molar-refractivity contribution in [2.75, 3.05) is 6.61 Å². The van der Waals surface area contributed by atoms with E-state index in [4.69, 9.17) is 9.47 Å². The zero-order chi connectivity index (χ0) is 12.8. The number of aldehydes is 1. The Hall–Kier alpha value is -1.84. The summed E-state index contributed by atoms with van der Waals surface area (Å²) in [5.74, 6) is -0.0147. The SMILES string of the molecule is CCOC(=O)c1ccc(C=O)c(OC(C)C)c1. The summed E-state index contributed by atoms with van der Waals surface area (Å²) in [5, 5.41) is 0. The molecule has 92 valence electrons. The van der Waals surface area contributed by atoms with Gasteiger partial charge in [-0.3, -0.25) is 4.79 Å². The first-order valence-electron chi connectivity index (χ1n) is 5.51. The van der Waals surface area contributed by atoms with E-state index >= 15 is 0 Å². The Balaban J connectivity index is 3.03. The molecule has 0 unspecified atom stereocenters. The molecule has 0 aliphatic rings. The van der Waals surface area contributed by atoms with E-state index in [-0.39, 0.29) is 6.10 Å². The third kappa shape index (κ3) is 3.59. The summed E-state index contributed by atoms with van der Waals surface area (Å²) in [6.07, 6.45) is 0.637. The molecule has 4 heteroatoms. The Morgan fingerprint density at radius 2 is 2.12 bits per heavy atom. The molecule has 0 amide bonds. The summed E-state index contributed by atoms with van der Waals surface area (Å²) in [7, 11) is 0. The molecule has 1 rings (SSSR count). The van der Waals surface area contributed by atoms with Crippen LogP contribution in [0.3, 0.4) is 0 Å². The van der Waals surface area contributed by atoms with Crippen molar-refractivity contribution >= 4 is 12.3 Å². The molecule has 0 N–H and O–H groups in total. The van der Waals surface area contributed by atoms with Crippen LogP contribution in [0.4, 0.5) is 0 Å². The molecule has 0 spiro atoms. The maximum absolute atomic E-state index is 11.5. The Bertz CT molecular complexity index is 410. The predicted octanol–water partition coefficient (Wildman–Crippen LogP) is 2.46. The molecule has 0 aliphatic heterocycles. The van der Waals surface area contributed by atoms with Gasteiger partial charge in [0.2, 0.25) is 0 Å². The third-order valence-electron chi connectivity index (χ3n) is 2.01. The van der Waals surface area contributed by atoms with Gasteiger partial charge in [-0.1, -0.05) is 0 Å². The van der Waals surface area contributed by atoms with Crippen LogP contribution in [0.2, 0.25) is 0 Å². The lowest BCUT2D eigenvalue weighted by Crippen LogP contribution is -2.10. The van der Waals surface area contributed by atoms with Crippen molar-refractivity contribution in [3.05, 3.63) is 29.3 Å². The molecule has 0 fully saturated rings. The van der Waals surface area contributed by atoms with E-state index in [0.717, 1.165) is 0 Å². The van der Waals surface area contributed by atoms with Crippen molar-refractivity contribution in [2.45, 2.75) is 26.9 Å². The topological polar surface area (TPSA) is 52.6 Å². The average molecular weight is 236 g/mol. The predicted molar refractivity (Wildman–Crippen MR) is 63.6 cm³/mol. The van der Waals surface area contributed by atoms with Crippen molar-refractivity contribution < 1.29 is 19.1 Å². The van der Waals surface area contributed by atoms with E-state index < -0.39 is 5.97 Å². The average Bonchev–Trinajstić information content (AvgIpc) is 2.28. The molecular formula is C13H16O4. The Morgan fingerprint density at radius 1 is 1.41 bits per heavy atom. The van der Waals surface area contributed by atoms with Gasteiger partial charge in [-0.05, 0) is 39.0 Å². The minimum absolute atomic E-state index is 0.0638. The van der Waals surface area contributed by atoms with Gasteiger partial charge in [-0.25, -0.2) is 4.79 Å². The fourth-order valence-electron chi connectivity index (χ4n) is 1.33. The molecule has 0 aromatic heterocycles. The molecule has 0 saturated carbocycles. The molecule has 0 radical (unpaired) electrons. The van der Waals surface area contributed by atoms with Crippen LogP contribution in [0.15, 0.2) is 18.2 Å². The van der Waals surface area contributed by atoms with Gasteiger partial charge < -0.3 is 9.47 Å². The summed E-state index contributed by atoms with van der Waals surface area (Å²) in [4.78, 5) is 22.3. The highest BCUT2D eigenvalue weighted by Crippen LogP contribution is 2.20. The minimum Gasteiger partial charge on any atom is -0.490 e. The van der Waals surface area contributed by atoms with Crippen molar-refractivity contribution in [2.24, 2.45) is 0 Å². The molecule has 4 nitrogen and oxygen atoms in total. The lowest BCUT2D eigenvalue weighted by atomic mass is 10.1. The number of benzene rings is 1. The van der Waals surface area contributed by atoms with Crippen molar-refractivity contribution in [3.8, 4) is 5.75 Å². The van der Waals surface area contributed by atoms with E-state index in [1.807, 2.05) is 13.8 Å². The first-order chi connectivity index (χ1) is 8.08. The maximum atomic E-state index is 11.5. The fourth-order valence-corrected chi connectivity index (χ4v) is 1.33. The number of ether oxygens (including phenoxy) is 2. The summed E-state index contributed by atoms with van der Waals surface area (Å²) < 4.78 is 10.3. The summed E-state index contributed by atoms with van der Waals surface area (Å²) in [6, 6.07) is 4.63. The first-order valence-corrected chi connectivity index (χ1v) is 5.51. The molecule has 1 aromatic carbocycles. The van der Waals surface area contributed by atoms with Crippen molar-refractivity contribution in [3.63, 3.8) is 0 Å². The summed E-state index contributed by atoms with van der Waals surface area (Å²) in [5.41, 5.74) is 0.805. The number of carbonyl (C=O) groups is 2. The van der Waals surface area contributed by atoms with Crippen LogP contribution in [0.1, 0.15) is 41.5 Å². The highest BCUT2D eigenvalue weighted by Gasteiger charge is 2.11. The zero-order valence-corrected chi connectivity index (χ0v) is 10.2. The second-order valence-electron chi connectivity index (χ2n) is 3.76. The highest BCUT2D eigenvalue weighted by atomic mass is 16.5. The number of rotatable bonds is 5. The van der Waals surface area contributed by atoms with E-state index in [1.165, 1.54) is 6.07 Å². The molecule has 1 aromatic rings. The maximum Gasteiger partial charge on any atom is 0.338 e. The lowest BCUT2D eigenvalue weighted by molar-refractivity contribution is 0.0525. The molecule has 0 bridgehead atoms. The van der Waals surface area contributed by atoms with Gasteiger partial charge in [0, 0.05) is 0 Å². The summed E-state index contributed by atoms with van der Waals surface area (Å²) >= 11 is 0. The number of hydrogen-bond acceptors (Lipinski definition) is 4. The van der Waals surface area contributed by atoms with Crippen molar-refractivity contribution in [1.82, 2.24) is 0 Å². The normalized spacial score (nSPS) is 10.1. The molecule has 0 aliphatic carbocycles. The van der Waals surface area contributed by atoms with Crippen LogP contribution in [0, 0.1) is 0 Å². The monoisotopic (exact) mass is 236 g/mol. The van der Waals surface area contributed by atoms with E-state index in [0.29, 0.717) is 29.8 Å². The quantitative estimate of drug-likeness (QED) is 0.582. The smallest absolute Gasteiger partial charge is 0.338 e. The third-order valence-corrected chi connectivity index (χ3v) is 2.01. The van der Waals surface area contributed by atoms with E-state index in [2.05, 4.69) is 0 Å². The van der Waals surface area contributed by atoms with Gasteiger partial charge in [-0.2, -0.15) is 0 Å². The largest absolute Gasteiger partial charge is 0.490 e. The second kappa shape index (κ2) is 6.03. The standard InChI is InChI=1S/C13H16O4/c1-4-16-13(15)10-5-6-11(8-14)12(7-10)17-9(2)3/h5-9H,4H2,1-3H3. The van der Waals surface area contributed by atoms with Crippen LogP contribution in [-0.2, 0) is 4.74 Å². The van der Waals surface area contributed by atoms with Crippen molar-refractivity contribution in [1.29, 1.82) is 0 Å². The summed E-state index contributed by atoms with van der Waals surface area (Å²) in [6.45, 7) is 5.76. The van der Waals surface area contributed by atoms with E-state index in [1.54, 1.807) is 19.1 Å². The van der Waals surface area contributed by atoms with Crippen LogP contribution in [0.5, 0.6) is 5.75 Å². The van der Waals surface area contributed by atoms with Crippen LogP contribution in [0.25, 0.3) is 0 Å². The number of carbonyl (C=O) groups excluding carboxylic acids is 2. The fraction of sp³-hybridized carbons (Fsp3) is 0.385. The molecule has 0 atom stereocenters. The van der Waals surface area contributed by atoms with Crippen LogP contribution in [-0.4, -0.2) is 25.0 Å². The molecule has 17 heavy (non-hydrogen) atoms. The Labute approximate surface area is 101 Å². The highest BCUT2D eigenvalue weighted by molar-refractivity contribution is 5.91. The van der Waals surface area contributed by atoms with Crippen LogP contribution >= 0.6 is 0 Å². The van der Waals surface area contributed by atoms with Crippen LogP contribution < -0.4 is 4.74 Å². The molecule has 0 heterocycles. The van der Waals surface area contributed by atoms with Gasteiger partial charge in [0.15, 0.2) is 6.29 Å². The van der Waals surface area contributed by atoms with Gasteiger partial charge in [0.05, 0.1) is 23.8 Å². The Morgan fingerprint density at radius 3 is 2.65 bits per heavy atom. The molecule has 0 saturated heterocycles. The first kappa shape index (κ1) is 13.2. The zero-order valence-electron chi connectivity index (χ0n) is 10.2. The van der Waals surface area contributed by atoms with E-state index in [9.17, 15) is 9.59 Å². The van der Waals surface area contributed by atoms with Gasteiger partial charge >= 0.3 is 5.97 Å². The molecular weight excluding hydrogens is 220 g/mol. The number of hydrogen-bond donors (Lipinski definition) is 0. The Kier molecular flexibility index (Phi) is 4.69. The van der Waals surface area contributed by atoms with Gasteiger partial charge in [0.1, 0.15) is 5.75 Å². The second-order valence-corrected chi connectivity index (χ2v) is 3.76. The lowest BCUT2D eigenvalue weighted by Gasteiger charge is -2.12. The van der Waals surface area contributed by atoms with Gasteiger partial charge in [0.25, 0.3) is 0 Å².